The lowest BCUT2D eigenvalue weighted by Crippen LogP contribution is -2.26. The molecule has 0 bridgehead atoms. The van der Waals surface area contributed by atoms with Crippen LogP contribution in [-0.4, -0.2) is 39.6 Å². The Morgan fingerprint density at radius 2 is 2.06 bits per heavy atom. The molecule has 7 heteroatoms. The molecule has 7 nitrogen and oxygen atoms in total. The molecular weight excluding hydrogens is 240 g/mol. The molecule has 18 heavy (non-hydrogen) atoms. The van der Waals surface area contributed by atoms with Gasteiger partial charge >= 0.3 is 11.9 Å². The zero-order chi connectivity index (χ0) is 13.3. The first kappa shape index (κ1) is 12.0. The van der Waals surface area contributed by atoms with Crippen LogP contribution in [0, 0.1) is 5.92 Å². The number of hydrogen-bond acceptors (Lipinski definition) is 4. The minimum absolute atomic E-state index is 0.0456. The van der Waals surface area contributed by atoms with Crippen molar-refractivity contribution in [2.45, 2.75) is 6.42 Å². The first-order valence-corrected chi connectivity index (χ1v) is 5.21. The van der Waals surface area contributed by atoms with E-state index in [1.807, 2.05) is 0 Å². The average molecular weight is 250 g/mol. The van der Waals surface area contributed by atoms with Crippen molar-refractivity contribution in [3.05, 3.63) is 24.0 Å². The van der Waals surface area contributed by atoms with E-state index in [2.05, 4.69) is 4.98 Å². The third-order valence-electron chi connectivity index (χ3n) is 2.75. The minimum atomic E-state index is -1.15. The second kappa shape index (κ2) is 4.44. The number of aromatic carboxylic acids is 1. The van der Waals surface area contributed by atoms with Crippen molar-refractivity contribution in [2.75, 3.05) is 11.4 Å². The lowest BCUT2D eigenvalue weighted by molar-refractivity contribution is -0.141. The minimum Gasteiger partial charge on any atom is -0.481 e. The Morgan fingerprint density at radius 3 is 2.50 bits per heavy atom. The Balaban J connectivity index is 2.19. The zero-order valence-electron chi connectivity index (χ0n) is 9.24. The molecule has 2 rings (SSSR count). The van der Waals surface area contributed by atoms with Gasteiger partial charge in [0.15, 0.2) is 0 Å². The van der Waals surface area contributed by atoms with E-state index in [-0.39, 0.29) is 24.6 Å². The molecule has 1 fully saturated rings. The van der Waals surface area contributed by atoms with Gasteiger partial charge in [0, 0.05) is 13.0 Å². The predicted molar refractivity (Wildman–Crippen MR) is 59.3 cm³/mol. The topological polar surface area (TPSA) is 108 Å². The summed E-state index contributed by atoms with van der Waals surface area (Å²) in [7, 11) is 0. The molecule has 1 unspecified atom stereocenters. The van der Waals surface area contributed by atoms with Crippen molar-refractivity contribution in [3.63, 3.8) is 0 Å². The van der Waals surface area contributed by atoms with Crippen LogP contribution in [0.3, 0.4) is 0 Å². The quantitative estimate of drug-likeness (QED) is 0.794. The maximum absolute atomic E-state index is 11.6. The van der Waals surface area contributed by atoms with Gasteiger partial charge in [-0.1, -0.05) is 0 Å². The third-order valence-corrected chi connectivity index (χ3v) is 2.75. The number of anilines is 1. The van der Waals surface area contributed by atoms with Crippen molar-refractivity contribution in [2.24, 2.45) is 5.92 Å². The van der Waals surface area contributed by atoms with Gasteiger partial charge in [-0.05, 0) is 12.1 Å². The molecule has 1 aromatic rings. The first-order chi connectivity index (χ1) is 8.49. The van der Waals surface area contributed by atoms with E-state index in [4.69, 9.17) is 10.2 Å². The Hall–Kier alpha value is -2.44. The van der Waals surface area contributed by atoms with Gasteiger partial charge in [0.2, 0.25) is 5.91 Å². The van der Waals surface area contributed by atoms with Gasteiger partial charge in [-0.15, -0.1) is 0 Å². The van der Waals surface area contributed by atoms with Gasteiger partial charge in [0.05, 0.1) is 17.8 Å². The highest BCUT2D eigenvalue weighted by Crippen LogP contribution is 2.24. The molecule has 2 N–H and O–H groups in total. The fourth-order valence-corrected chi connectivity index (χ4v) is 1.79. The summed E-state index contributed by atoms with van der Waals surface area (Å²) >= 11 is 0. The van der Waals surface area contributed by atoms with E-state index in [0.29, 0.717) is 5.69 Å². The monoisotopic (exact) mass is 250 g/mol. The standard InChI is InChI=1S/C11H10N2O5/c14-9-3-6(10(15)16)5-13(9)7-1-2-8(11(17)18)12-4-7/h1-2,4,6H,3,5H2,(H,15,16)(H,17,18). The number of carboxylic acid groups (broad SMARTS) is 2. The third kappa shape index (κ3) is 2.15. The smallest absolute Gasteiger partial charge is 0.354 e. The van der Waals surface area contributed by atoms with Crippen LogP contribution in [-0.2, 0) is 9.59 Å². The Morgan fingerprint density at radius 1 is 1.33 bits per heavy atom. The van der Waals surface area contributed by atoms with Crippen LogP contribution in [0.5, 0.6) is 0 Å². The number of carbonyl (C=O) groups excluding carboxylic acids is 1. The van der Waals surface area contributed by atoms with Crippen LogP contribution >= 0.6 is 0 Å². The molecule has 1 saturated heterocycles. The molecule has 1 amide bonds. The summed E-state index contributed by atoms with van der Waals surface area (Å²) in [5.74, 6) is -3.19. The summed E-state index contributed by atoms with van der Waals surface area (Å²) in [5, 5.41) is 17.5. The van der Waals surface area contributed by atoms with Gasteiger partial charge in [-0.3, -0.25) is 9.59 Å². The number of carboxylic acids is 2. The summed E-state index contributed by atoms with van der Waals surface area (Å²) in [6.07, 6.45) is 1.21. The molecule has 1 aliphatic rings. The van der Waals surface area contributed by atoms with Crippen molar-refractivity contribution >= 4 is 23.5 Å². The molecule has 1 aliphatic heterocycles. The number of rotatable bonds is 3. The van der Waals surface area contributed by atoms with E-state index >= 15 is 0 Å². The van der Waals surface area contributed by atoms with Crippen molar-refractivity contribution < 1.29 is 24.6 Å². The van der Waals surface area contributed by atoms with Crippen molar-refractivity contribution in [1.82, 2.24) is 4.98 Å². The van der Waals surface area contributed by atoms with Crippen molar-refractivity contribution in [1.29, 1.82) is 0 Å². The fraction of sp³-hybridized carbons (Fsp3) is 0.273. The average Bonchev–Trinajstić information content (AvgIpc) is 2.71. The number of nitrogens with zero attached hydrogens (tertiary/aromatic N) is 2. The molecular formula is C11H10N2O5. The lowest BCUT2D eigenvalue weighted by Gasteiger charge is -2.15. The van der Waals surface area contributed by atoms with Gasteiger partial charge in [-0.2, -0.15) is 0 Å². The fourth-order valence-electron chi connectivity index (χ4n) is 1.79. The maximum atomic E-state index is 11.6. The van der Waals surface area contributed by atoms with Gasteiger partial charge in [-0.25, -0.2) is 9.78 Å². The van der Waals surface area contributed by atoms with E-state index in [1.54, 1.807) is 0 Å². The van der Waals surface area contributed by atoms with Crippen LogP contribution in [0.2, 0.25) is 0 Å². The van der Waals surface area contributed by atoms with Crippen LogP contribution < -0.4 is 4.90 Å². The van der Waals surface area contributed by atoms with Crippen LogP contribution in [0.1, 0.15) is 16.9 Å². The summed E-state index contributed by atoms with van der Waals surface area (Å²) in [6.45, 7) is 0.0856. The van der Waals surface area contributed by atoms with Crippen LogP contribution in [0.25, 0.3) is 0 Å². The SMILES string of the molecule is O=C(O)c1ccc(N2CC(C(=O)O)CC2=O)cn1. The molecule has 1 atom stereocenters. The highest BCUT2D eigenvalue weighted by molar-refractivity contribution is 5.99. The molecule has 1 aromatic heterocycles. The number of carbonyl (C=O) groups is 3. The van der Waals surface area contributed by atoms with E-state index in [0.717, 1.165) is 0 Å². The number of aromatic nitrogens is 1. The number of hydrogen-bond donors (Lipinski definition) is 2. The second-order valence-electron chi connectivity index (χ2n) is 3.95. The van der Waals surface area contributed by atoms with Crippen molar-refractivity contribution in [3.8, 4) is 0 Å². The van der Waals surface area contributed by atoms with Gasteiger partial charge < -0.3 is 15.1 Å². The van der Waals surface area contributed by atoms with E-state index in [1.165, 1.54) is 23.2 Å². The number of aliphatic carboxylic acids is 1. The molecule has 0 aliphatic carbocycles. The molecule has 2 heterocycles. The predicted octanol–water partition coefficient (Wildman–Crippen LogP) is 0.217. The van der Waals surface area contributed by atoms with Crippen LogP contribution in [0.4, 0.5) is 5.69 Å². The summed E-state index contributed by atoms with van der Waals surface area (Å²) < 4.78 is 0. The first-order valence-electron chi connectivity index (χ1n) is 5.21. The summed E-state index contributed by atoms with van der Waals surface area (Å²) in [6, 6.07) is 2.72. The second-order valence-corrected chi connectivity index (χ2v) is 3.95. The zero-order valence-corrected chi connectivity index (χ0v) is 9.24. The van der Waals surface area contributed by atoms with Gasteiger partial charge in [0.25, 0.3) is 0 Å². The number of amides is 1. The normalized spacial score (nSPS) is 19.0. The Labute approximate surface area is 102 Å². The van der Waals surface area contributed by atoms with Crippen LogP contribution in [0.15, 0.2) is 18.3 Å². The molecule has 0 saturated carbocycles. The number of pyridine rings is 1. The summed E-state index contributed by atoms with van der Waals surface area (Å²) in [5.41, 5.74) is 0.286. The Kier molecular flexibility index (Phi) is 2.97. The maximum Gasteiger partial charge on any atom is 0.354 e. The molecule has 0 spiro atoms. The van der Waals surface area contributed by atoms with Gasteiger partial charge in [0.1, 0.15) is 5.69 Å². The molecule has 0 radical (unpaired) electrons. The molecule has 0 aromatic carbocycles. The highest BCUT2D eigenvalue weighted by atomic mass is 16.4. The van der Waals surface area contributed by atoms with E-state index < -0.39 is 17.9 Å². The lowest BCUT2D eigenvalue weighted by atomic mass is 10.1. The highest BCUT2D eigenvalue weighted by Gasteiger charge is 2.35. The Bertz CT molecular complexity index is 511. The summed E-state index contributed by atoms with van der Waals surface area (Å²) in [4.78, 5) is 38.0. The van der Waals surface area contributed by atoms with E-state index in [9.17, 15) is 14.4 Å². The largest absolute Gasteiger partial charge is 0.481 e. The molecule has 94 valence electrons.